The summed E-state index contributed by atoms with van der Waals surface area (Å²) in [6.07, 6.45) is 0. The maximum Gasteiger partial charge on any atom is 0.330 e. The minimum atomic E-state index is -1.08. The molecule has 0 spiro atoms. The molecule has 20 heavy (non-hydrogen) atoms. The van der Waals surface area contributed by atoms with E-state index in [1.54, 1.807) is 24.3 Å². The topological polar surface area (TPSA) is 49.3 Å². The highest BCUT2D eigenvalue weighted by Crippen LogP contribution is 2.25. The Kier molecular flexibility index (Phi) is 4.77. The van der Waals surface area contributed by atoms with Crippen LogP contribution in [0.4, 0.5) is 10.1 Å². The summed E-state index contributed by atoms with van der Waals surface area (Å²) in [7, 11) is 0. The van der Waals surface area contributed by atoms with E-state index in [0.717, 1.165) is 4.47 Å². The van der Waals surface area contributed by atoms with Crippen molar-refractivity contribution in [1.82, 2.24) is 0 Å². The first-order chi connectivity index (χ1) is 9.47. The molecule has 0 aliphatic carbocycles. The van der Waals surface area contributed by atoms with Crippen LogP contribution in [0.5, 0.6) is 0 Å². The van der Waals surface area contributed by atoms with Crippen LogP contribution in [0.25, 0.3) is 0 Å². The molecule has 0 aliphatic rings. The Labute approximate surface area is 132 Å². The molecule has 0 fully saturated rings. The van der Waals surface area contributed by atoms with Crippen LogP contribution >= 0.6 is 31.9 Å². The van der Waals surface area contributed by atoms with E-state index in [-0.39, 0.29) is 0 Å². The number of hydrogen-bond donors (Lipinski definition) is 2. The Morgan fingerprint density at radius 3 is 2.55 bits per heavy atom. The fourth-order valence-electron chi connectivity index (χ4n) is 1.72. The van der Waals surface area contributed by atoms with Gasteiger partial charge in [-0.1, -0.05) is 28.1 Å². The lowest BCUT2D eigenvalue weighted by molar-refractivity contribution is -0.138. The number of carboxylic acid groups (broad SMARTS) is 1. The lowest BCUT2D eigenvalue weighted by Crippen LogP contribution is -2.20. The number of aliphatic carboxylic acids is 1. The lowest BCUT2D eigenvalue weighted by Gasteiger charge is -2.16. The second-order valence-corrected chi connectivity index (χ2v) is 5.87. The second kappa shape index (κ2) is 6.37. The van der Waals surface area contributed by atoms with E-state index in [4.69, 9.17) is 0 Å². The SMILES string of the molecule is O=C(O)C(Nc1cccc(Br)c1)c1ccc(Br)c(F)c1. The lowest BCUT2D eigenvalue weighted by atomic mass is 10.1. The molecule has 2 N–H and O–H groups in total. The molecule has 0 aromatic heterocycles. The van der Waals surface area contributed by atoms with Crippen LogP contribution in [0.1, 0.15) is 11.6 Å². The number of carboxylic acids is 1. The average molecular weight is 403 g/mol. The van der Waals surface area contributed by atoms with Crippen molar-refractivity contribution in [3.8, 4) is 0 Å². The van der Waals surface area contributed by atoms with Gasteiger partial charge in [-0.05, 0) is 51.8 Å². The molecule has 0 heterocycles. The van der Waals surface area contributed by atoms with Gasteiger partial charge in [0.1, 0.15) is 5.82 Å². The summed E-state index contributed by atoms with van der Waals surface area (Å²) < 4.78 is 14.7. The van der Waals surface area contributed by atoms with Crippen molar-refractivity contribution >= 4 is 43.5 Å². The van der Waals surface area contributed by atoms with Crippen molar-refractivity contribution in [3.05, 3.63) is 62.8 Å². The van der Waals surface area contributed by atoms with E-state index in [0.29, 0.717) is 15.7 Å². The summed E-state index contributed by atoms with van der Waals surface area (Å²) in [4.78, 5) is 11.4. The van der Waals surface area contributed by atoms with Gasteiger partial charge in [-0.2, -0.15) is 0 Å². The van der Waals surface area contributed by atoms with Gasteiger partial charge >= 0.3 is 5.97 Å². The maximum atomic E-state index is 13.5. The third-order valence-corrected chi connectivity index (χ3v) is 3.80. The zero-order valence-corrected chi connectivity index (χ0v) is 13.3. The van der Waals surface area contributed by atoms with Gasteiger partial charge in [-0.3, -0.25) is 0 Å². The van der Waals surface area contributed by atoms with Gasteiger partial charge < -0.3 is 10.4 Å². The molecule has 0 bridgehead atoms. The summed E-state index contributed by atoms with van der Waals surface area (Å²) in [6, 6.07) is 10.4. The van der Waals surface area contributed by atoms with Crippen LogP contribution in [-0.2, 0) is 4.79 Å². The summed E-state index contributed by atoms with van der Waals surface area (Å²) in [5.41, 5.74) is 0.980. The smallest absolute Gasteiger partial charge is 0.330 e. The minimum absolute atomic E-state index is 0.299. The van der Waals surface area contributed by atoms with E-state index in [2.05, 4.69) is 37.2 Å². The Morgan fingerprint density at radius 2 is 1.95 bits per heavy atom. The van der Waals surface area contributed by atoms with Crippen molar-refractivity contribution in [3.63, 3.8) is 0 Å². The highest BCUT2D eigenvalue weighted by Gasteiger charge is 2.20. The molecule has 2 rings (SSSR count). The summed E-state index contributed by atoms with van der Waals surface area (Å²) in [5.74, 6) is -1.57. The van der Waals surface area contributed by atoms with Crippen LogP contribution in [0.2, 0.25) is 0 Å². The van der Waals surface area contributed by atoms with Crippen molar-refractivity contribution in [2.75, 3.05) is 5.32 Å². The molecule has 104 valence electrons. The van der Waals surface area contributed by atoms with Crippen molar-refractivity contribution in [1.29, 1.82) is 0 Å². The quantitative estimate of drug-likeness (QED) is 0.786. The predicted molar refractivity (Wildman–Crippen MR) is 82.2 cm³/mol. The molecule has 0 saturated carbocycles. The highest BCUT2D eigenvalue weighted by molar-refractivity contribution is 9.10. The molecule has 0 radical (unpaired) electrons. The first-order valence-corrected chi connectivity index (χ1v) is 7.26. The average Bonchev–Trinajstić information content (AvgIpc) is 2.39. The van der Waals surface area contributed by atoms with E-state index in [9.17, 15) is 14.3 Å². The Balaban J connectivity index is 2.32. The molecule has 0 aliphatic heterocycles. The fraction of sp³-hybridized carbons (Fsp3) is 0.0714. The van der Waals surface area contributed by atoms with Crippen LogP contribution in [-0.4, -0.2) is 11.1 Å². The van der Waals surface area contributed by atoms with Gasteiger partial charge in [0.05, 0.1) is 4.47 Å². The van der Waals surface area contributed by atoms with E-state index < -0.39 is 17.8 Å². The van der Waals surface area contributed by atoms with Crippen LogP contribution < -0.4 is 5.32 Å². The van der Waals surface area contributed by atoms with Gasteiger partial charge in [0.15, 0.2) is 6.04 Å². The van der Waals surface area contributed by atoms with Gasteiger partial charge in [0, 0.05) is 10.2 Å². The van der Waals surface area contributed by atoms with Crippen molar-refractivity contribution in [2.24, 2.45) is 0 Å². The van der Waals surface area contributed by atoms with Crippen molar-refractivity contribution in [2.45, 2.75) is 6.04 Å². The van der Waals surface area contributed by atoms with Crippen LogP contribution in [0.15, 0.2) is 51.4 Å². The number of carbonyl (C=O) groups is 1. The second-order valence-electron chi connectivity index (χ2n) is 4.10. The number of halogens is 3. The van der Waals surface area contributed by atoms with Gasteiger partial charge in [-0.25, -0.2) is 9.18 Å². The molecular weight excluding hydrogens is 393 g/mol. The van der Waals surface area contributed by atoms with Gasteiger partial charge in [-0.15, -0.1) is 0 Å². The normalized spacial score (nSPS) is 11.9. The van der Waals surface area contributed by atoms with Crippen molar-refractivity contribution < 1.29 is 14.3 Å². The van der Waals surface area contributed by atoms with Gasteiger partial charge in [0.25, 0.3) is 0 Å². The Hall–Kier alpha value is -1.40. The fourth-order valence-corrected chi connectivity index (χ4v) is 2.37. The summed E-state index contributed by atoms with van der Waals surface area (Å²) in [5, 5.41) is 12.2. The molecule has 2 aromatic rings. The predicted octanol–water partition coefficient (Wildman–Crippen LogP) is 4.59. The Morgan fingerprint density at radius 1 is 1.20 bits per heavy atom. The number of nitrogens with one attached hydrogen (secondary N) is 1. The standard InChI is InChI=1S/C14H10Br2FNO2/c15-9-2-1-3-10(7-9)18-13(14(19)20)8-4-5-11(16)12(17)6-8/h1-7,13,18H,(H,19,20). The monoisotopic (exact) mass is 401 g/mol. The van der Waals surface area contributed by atoms with Crippen LogP contribution in [0, 0.1) is 5.82 Å². The third kappa shape index (κ3) is 3.58. The molecule has 0 amide bonds. The first-order valence-electron chi connectivity index (χ1n) is 5.67. The summed E-state index contributed by atoms with van der Waals surface area (Å²) in [6.45, 7) is 0. The molecule has 3 nitrogen and oxygen atoms in total. The number of rotatable bonds is 4. The third-order valence-electron chi connectivity index (χ3n) is 2.66. The number of hydrogen-bond acceptors (Lipinski definition) is 2. The minimum Gasteiger partial charge on any atom is -0.479 e. The molecule has 2 aromatic carbocycles. The molecule has 6 heteroatoms. The van der Waals surface area contributed by atoms with Crippen LogP contribution in [0.3, 0.4) is 0 Å². The van der Waals surface area contributed by atoms with E-state index >= 15 is 0 Å². The zero-order valence-electron chi connectivity index (χ0n) is 10.1. The number of benzene rings is 2. The Bertz CT molecular complexity index is 649. The summed E-state index contributed by atoms with van der Waals surface area (Å²) >= 11 is 6.36. The molecule has 0 saturated heterocycles. The largest absolute Gasteiger partial charge is 0.479 e. The highest BCUT2D eigenvalue weighted by atomic mass is 79.9. The first kappa shape index (κ1) is 15.0. The van der Waals surface area contributed by atoms with Gasteiger partial charge in [0.2, 0.25) is 0 Å². The maximum absolute atomic E-state index is 13.5. The molecule has 1 unspecified atom stereocenters. The zero-order chi connectivity index (χ0) is 14.7. The molecule has 1 atom stereocenters. The molecular formula is C14H10Br2FNO2. The van der Waals surface area contributed by atoms with E-state index in [1.165, 1.54) is 12.1 Å². The number of anilines is 1. The van der Waals surface area contributed by atoms with E-state index in [1.807, 2.05) is 6.07 Å².